The highest BCUT2D eigenvalue weighted by Gasteiger charge is 2.19. The van der Waals surface area contributed by atoms with Crippen molar-refractivity contribution < 1.29 is 28.6 Å². The lowest BCUT2D eigenvalue weighted by atomic mass is 10.0. The third kappa shape index (κ3) is 66.1. The highest BCUT2D eigenvalue weighted by molar-refractivity contribution is 5.71. The Bertz CT molecular complexity index is 1360. The first-order chi connectivity index (χ1) is 39.0. The van der Waals surface area contributed by atoms with Gasteiger partial charge in [0.05, 0.1) is 0 Å². The predicted octanol–water partition coefficient (Wildman–Crippen LogP) is 24.1. The molecule has 0 amide bonds. The third-order valence-electron chi connectivity index (χ3n) is 15.8. The van der Waals surface area contributed by atoms with E-state index >= 15 is 0 Å². The van der Waals surface area contributed by atoms with Gasteiger partial charge in [0.2, 0.25) is 0 Å². The van der Waals surface area contributed by atoms with E-state index in [1.807, 2.05) is 0 Å². The zero-order chi connectivity index (χ0) is 57.1. The molecule has 0 heterocycles. The number of carbonyl (C=O) groups is 3. The molecule has 6 nitrogen and oxygen atoms in total. The zero-order valence-corrected chi connectivity index (χ0v) is 53.2. The largest absolute Gasteiger partial charge is 0.462 e. The number of hydrogen-bond acceptors (Lipinski definition) is 6. The summed E-state index contributed by atoms with van der Waals surface area (Å²) in [5, 5.41) is 0. The fourth-order valence-electron chi connectivity index (χ4n) is 10.6. The van der Waals surface area contributed by atoms with Crippen LogP contribution in [-0.4, -0.2) is 37.2 Å². The lowest BCUT2D eigenvalue weighted by molar-refractivity contribution is -0.167. The Kier molecular flexibility index (Phi) is 65.6. The Hall–Kier alpha value is -2.63. The van der Waals surface area contributed by atoms with Crippen molar-refractivity contribution in [2.45, 2.75) is 386 Å². The average molecular weight is 1110 g/mol. The number of unbranched alkanes of at least 4 members (excludes halogenated alkanes) is 46. The molecule has 0 aromatic rings. The topological polar surface area (TPSA) is 78.9 Å². The molecule has 0 spiro atoms. The standard InChI is InChI=1S/C73H134O6/c1-4-7-10-13-16-18-20-22-24-26-28-30-32-34-35-36-37-38-39-40-42-43-45-47-49-51-53-55-57-60-63-66-72(75)78-69-70(68-77-71(74)65-62-59-15-12-9-6-3)79-73(76)67-64-61-58-56-54-52-50-48-46-44-41-33-31-29-27-25-23-21-19-17-14-11-8-5-2/h7,10,16,18,22,24,28,30,70H,4-6,8-9,11-15,17,19-21,23,25-27,29,31-69H2,1-3H3/b10-7-,18-16-,24-22-,30-28-. The van der Waals surface area contributed by atoms with E-state index in [4.69, 9.17) is 14.2 Å². The number of hydrogen-bond donors (Lipinski definition) is 0. The Labute approximate surface area is 492 Å². The molecule has 1 unspecified atom stereocenters. The summed E-state index contributed by atoms with van der Waals surface area (Å²) in [5.41, 5.74) is 0. The molecule has 0 saturated carbocycles. The van der Waals surface area contributed by atoms with E-state index in [0.717, 1.165) is 83.5 Å². The minimum absolute atomic E-state index is 0.0665. The summed E-state index contributed by atoms with van der Waals surface area (Å²) in [4.78, 5) is 38.1. The van der Waals surface area contributed by atoms with Crippen molar-refractivity contribution in [3.05, 3.63) is 48.6 Å². The van der Waals surface area contributed by atoms with Gasteiger partial charge in [-0.25, -0.2) is 0 Å². The van der Waals surface area contributed by atoms with Crippen LogP contribution in [0.4, 0.5) is 0 Å². The average Bonchev–Trinajstić information content (AvgIpc) is 3.45. The lowest BCUT2D eigenvalue weighted by Gasteiger charge is -2.18. The van der Waals surface area contributed by atoms with E-state index in [2.05, 4.69) is 69.4 Å². The van der Waals surface area contributed by atoms with Gasteiger partial charge in [-0.2, -0.15) is 0 Å². The van der Waals surface area contributed by atoms with Gasteiger partial charge in [0.15, 0.2) is 6.10 Å². The van der Waals surface area contributed by atoms with Crippen LogP contribution in [0.5, 0.6) is 0 Å². The van der Waals surface area contributed by atoms with E-state index < -0.39 is 6.10 Å². The maximum absolute atomic E-state index is 12.9. The summed E-state index contributed by atoms with van der Waals surface area (Å²) in [5.74, 6) is -0.850. The molecule has 0 saturated heterocycles. The first-order valence-electron chi connectivity index (χ1n) is 35.1. The van der Waals surface area contributed by atoms with Crippen molar-refractivity contribution in [1.29, 1.82) is 0 Å². The van der Waals surface area contributed by atoms with Gasteiger partial charge >= 0.3 is 17.9 Å². The Morgan fingerprint density at radius 3 is 0.772 bits per heavy atom. The Morgan fingerprint density at radius 2 is 0.494 bits per heavy atom. The molecule has 0 bridgehead atoms. The van der Waals surface area contributed by atoms with E-state index in [-0.39, 0.29) is 31.1 Å². The molecule has 462 valence electrons. The van der Waals surface area contributed by atoms with Crippen molar-refractivity contribution in [2.24, 2.45) is 0 Å². The van der Waals surface area contributed by atoms with Crippen LogP contribution in [0, 0.1) is 0 Å². The van der Waals surface area contributed by atoms with Crippen molar-refractivity contribution in [1.82, 2.24) is 0 Å². The van der Waals surface area contributed by atoms with Crippen LogP contribution in [0.1, 0.15) is 380 Å². The normalized spacial score (nSPS) is 12.3. The summed E-state index contributed by atoms with van der Waals surface area (Å²) < 4.78 is 16.9. The number of ether oxygens (including phenoxy) is 3. The molecule has 79 heavy (non-hydrogen) atoms. The Balaban J connectivity index is 3.96. The molecule has 0 aliphatic heterocycles. The van der Waals surface area contributed by atoms with E-state index in [1.54, 1.807) is 0 Å². The van der Waals surface area contributed by atoms with Crippen molar-refractivity contribution >= 4 is 17.9 Å². The van der Waals surface area contributed by atoms with Crippen LogP contribution < -0.4 is 0 Å². The summed E-state index contributed by atoms with van der Waals surface area (Å²) in [6.45, 7) is 6.54. The third-order valence-corrected chi connectivity index (χ3v) is 15.8. The van der Waals surface area contributed by atoms with Gasteiger partial charge in [-0.15, -0.1) is 0 Å². The van der Waals surface area contributed by atoms with Gasteiger partial charge in [0.25, 0.3) is 0 Å². The second-order valence-corrected chi connectivity index (χ2v) is 23.8. The maximum atomic E-state index is 12.9. The molecule has 0 rings (SSSR count). The minimum Gasteiger partial charge on any atom is -0.462 e. The number of rotatable bonds is 65. The molecule has 0 aliphatic carbocycles. The summed E-state index contributed by atoms with van der Waals surface area (Å²) in [7, 11) is 0. The number of carbonyl (C=O) groups excluding carboxylic acids is 3. The molecular formula is C73H134O6. The minimum atomic E-state index is -0.766. The molecule has 0 fully saturated rings. The molecule has 1 atom stereocenters. The highest BCUT2D eigenvalue weighted by Crippen LogP contribution is 2.19. The number of allylic oxidation sites excluding steroid dienone is 8. The second kappa shape index (κ2) is 67.9. The second-order valence-electron chi connectivity index (χ2n) is 23.8. The Morgan fingerprint density at radius 1 is 0.266 bits per heavy atom. The molecule has 0 aliphatic rings. The first kappa shape index (κ1) is 76.4. The van der Waals surface area contributed by atoms with Crippen molar-refractivity contribution in [3.63, 3.8) is 0 Å². The van der Waals surface area contributed by atoms with E-state index in [1.165, 1.54) is 257 Å². The van der Waals surface area contributed by atoms with Gasteiger partial charge in [0.1, 0.15) is 13.2 Å². The van der Waals surface area contributed by atoms with Crippen LogP contribution in [0.2, 0.25) is 0 Å². The van der Waals surface area contributed by atoms with Gasteiger partial charge < -0.3 is 14.2 Å². The quantitative estimate of drug-likeness (QED) is 0.0261. The summed E-state index contributed by atoms with van der Waals surface area (Å²) >= 11 is 0. The van der Waals surface area contributed by atoms with E-state index in [9.17, 15) is 14.4 Å². The SMILES string of the molecule is CC/C=C\C/C=C\C/C=C\C/C=C\CCCCCCCCCCCCCCCCCCCCC(=O)OCC(COC(=O)CCCCCCCC)OC(=O)CCCCCCCCCCCCCCCCCCCCCCCCCC. The lowest BCUT2D eigenvalue weighted by Crippen LogP contribution is -2.30. The summed E-state index contributed by atoms with van der Waals surface area (Å²) in [6.07, 6.45) is 86.2. The highest BCUT2D eigenvalue weighted by atomic mass is 16.6. The molecular weight excluding hydrogens is 973 g/mol. The first-order valence-corrected chi connectivity index (χ1v) is 35.1. The van der Waals surface area contributed by atoms with Gasteiger partial charge in [0, 0.05) is 19.3 Å². The van der Waals surface area contributed by atoms with Gasteiger partial charge in [-0.1, -0.05) is 352 Å². The van der Waals surface area contributed by atoms with Crippen LogP contribution in [0.25, 0.3) is 0 Å². The van der Waals surface area contributed by atoms with Crippen LogP contribution in [0.15, 0.2) is 48.6 Å². The van der Waals surface area contributed by atoms with Gasteiger partial charge in [-0.3, -0.25) is 14.4 Å². The fourth-order valence-corrected chi connectivity index (χ4v) is 10.6. The van der Waals surface area contributed by atoms with Crippen molar-refractivity contribution in [2.75, 3.05) is 13.2 Å². The summed E-state index contributed by atoms with van der Waals surface area (Å²) in [6, 6.07) is 0. The maximum Gasteiger partial charge on any atom is 0.306 e. The molecule has 0 aromatic carbocycles. The van der Waals surface area contributed by atoms with Crippen molar-refractivity contribution in [3.8, 4) is 0 Å². The zero-order valence-electron chi connectivity index (χ0n) is 53.2. The monoisotopic (exact) mass is 1110 g/mol. The predicted molar refractivity (Wildman–Crippen MR) is 344 cm³/mol. The smallest absolute Gasteiger partial charge is 0.306 e. The molecule has 6 heteroatoms. The molecule has 0 N–H and O–H groups in total. The van der Waals surface area contributed by atoms with Gasteiger partial charge in [-0.05, 0) is 57.8 Å². The van der Waals surface area contributed by atoms with Crippen LogP contribution in [0.3, 0.4) is 0 Å². The fraction of sp³-hybridized carbons (Fsp3) is 0.849. The molecule has 0 aromatic heterocycles. The van der Waals surface area contributed by atoms with Crippen LogP contribution >= 0.6 is 0 Å². The number of esters is 3. The molecule has 0 radical (unpaired) electrons. The van der Waals surface area contributed by atoms with Crippen LogP contribution in [-0.2, 0) is 28.6 Å². The van der Waals surface area contributed by atoms with E-state index in [0.29, 0.717) is 19.3 Å².